The predicted octanol–water partition coefficient (Wildman–Crippen LogP) is 0.425. The summed E-state index contributed by atoms with van der Waals surface area (Å²) < 4.78 is 10.7. The molecule has 0 spiro atoms. The Kier molecular flexibility index (Phi) is 6.62. The van der Waals surface area contributed by atoms with Gasteiger partial charge in [-0.1, -0.05) is 0 Å². The van der Waals surface area contributed by atoms with Gasteiger partial charge in [0.1, 0.15) is 35.9 Å². The minimum absolute atomic E-state index is 0.0400. The number of nitrogens with zero attached hydrogens (tertiary/aromatic N) is 2. The molecule has 1 aliphatic heterocycles. The summed E-state index contributed by atoms with van der Waals surface area (Å²) in [6.45, 7) is -0.596. The standard InChI is InChI=1S/C18H19N3O10/c22-8-14-15(23)16(24)17(25)18(31-14)30-11-4-1-9(2-5-11)19-12-6-3-10(20(26)27)7-13(12)21(28)29/h1-7,14-19,22-25H,8H2. The molecule has 2 aromatic rings. The van der Waals surface area contributed by atoms with Crippen LogP contribution in [0.3, 0.4) is 0 Å². The number of nitro benzene ring substituents is 2. The normalized spacial score (nSPS) is 25.6. The molecule has 31 heavy (non-hydrogen) atoms. The molecule has 0 aliphatic carbocycles. The molecule has 13 heteroatoms. The molecule has 166 valence electrons. The van der Waals surface area contributed by atoms with Gasteiger partial charge in [0, 0.05) is 11.8 Å². The summed E-state index contributed by atoms with van der Waals surface area (Å²) in [6.07, 6.45) is -7.14. The fraction of sp³-hybridized carbons (Fsp3) is 0.333. The maximum atomic E-state index is 11.2. The van der Waals surface area contributed by atoms with Gasteiger partial charge in [0.25, 0.3) is 11.4 Å². The first kappa shape index (κ1) is 22.3. The quantitative estimate of drug-likeness (QED) is 0.297. The van der Waals surface area contributed by atoms with Gasteiger partial charge in [-0.3, -0.25) is 20.2 Å². The van der Waals surface area contributed by atoms with Crippen molar-refractivity contribution in [2.75, 3.05) is 11.9 Å². The first-order chi connectivity index (χ1) is 14.7. The predicted molar refractivity (Wildman–Crippen MR) is 104 cm³/mol. The van der Waals surface area contributed by atoms with Crippen molar-refractivity contribution in [2.24, 2.45) is 0 Å². The van der Waals surface area contributed by atoms with Gasteiger partial charge in [0.05, 0.1) is 22.5 Å². The highest BCUT2D eigenvalue weighted by Gasteiger charge is 2.44. The van der Waals surface area contributed by atoms with E-state index in [1.807, 2.05) is 0 Å². The van der Waals surface area contributed by atoms with Crippen molar-refractivity contribution in [3.63, 3.8) is 0 Å². The number of benzene rings is 2. The summed E-state index contributed by atoms with van der Waals surface area (Å²) >= 11 is 0. The van der Waals surface area contributed by atoms with Crippen LogP contribution in [-0.2, 0) is 4.74 Å². The fourth-order valence-electron chi connectivity index (χ4n) is 2.96. The average molecular weight is 437 g/mol. The van der Waals surface area contributed by atoms with Gasteiger partial charge in [-0.05, 0) is 30.3 Å². The Morgan fingerprint density at radius 3 is 2.23 bits per heavy atom. The number of anilines is 2. The lowest BCUT2D eigenvalue weighted by molar-refractivity contribution is -0.393. The van der Waals surface area contributed by atoms with Crippen LogP contribution in [0.2, 0.25) is 0 Å². The van der Waals surface area contributed by atoms with Crippen LogP contribution in [-0.4, -0.2) is 67.6 Å². The van der Waals surface area contributed by atoms with E-state index in [0.29, 0.717) is 5.69 Å². The largest absolute Gasteiger partial charge is 0.462 e. The van der Waals surface area contributed by atoms with Gasteiger partial charge in [-0.2, -0.15) is 0 Å². The molecule has 0 amide bonds. The van der Waals surface area contributed by atoms with E-state index in [9.17, 15) is 40.7 Å². The molecule has 0 aromatic heterocycles. The molecule has 5 atom stereocenters. The monoisotopic (exact) mass is 437 g/mol. The van der Waals surface area contributed by atoms with Gasteiger partial charge in [0.15, 0.2) is 0 Å². The molecule has 1 fully saturated rings. The van der Waals surface area contributed by atoms with E-state index in [1.165, 1.54) is 30.3 Å². The van der Waals surface area contributed by atoms with E-state index < -0.39 is 58.5 Å². The van der Waals surface area contributed by atoms with Crippen LogP contribution >= 0.6 is 0 Å². The molecule has 0 bridgehead atoms. The average Bonchev–Trinajstić information content (AvgIpc) is 2.75. The summed E-state index contributed by atoms with van der Waals surface area (Å²) in [5.41, 5.74) is -0.451. The van der Waals surface area contributed by atoms with Crippen LogP contribution < -0.4 is 10.1 Å². The Balaban J connectivity index is 1.72. The van der Waals surface area contributed by atoms with Crippen molar-refractivity contribution in [3.05, 3.63) is 62.7 Å². The smallest absolute Gasteiger partial charge is 0.299 e. The van der Waals surface area contributed by atoms with Gasteiger partial charge in [0.2, 0.25) is 6.29 Å². The van der Waals surface area contributed by atoms with Gasteiger partial charge >= 0.3 is 0 Å². The van der Waals surface area contributed by atoms with E-state index in [1.54, 1.807) is 0 Å². The van der Waals surface area contributed by atoms with Crippen molar-refractivity contribution in [2.45, 2.75) is 30.7 Å². The van der Waals surface area contributed by atoms with Crippen molar-refractivity contribution < 1.29 is 39.7 Å². The third kappa shape index (κ3) is 4.87. The summed E-state index contributed by atoms with van der Waals surface area (Å²) in [7, 11) is 0. The number of rotatable bonds is 7. The Hall–Kier alpha value is -3.36. The van der Waals surface area contributed by atoms with Crippen molar-refractivity contribution in [1.29, 1.82) is 0 Å². The summed E-state index contributed by atoms with van der Waals surface area (Å²) in [6, 6.07) is 9.07. The lowest BCUT2D eigenvalue weighted by atomic mass is 9.99. The van der Waals surface area contributed by atoms with Crippen LogP contribution in [0.15, 0.2) is 42.5 Å². The molecule has 1 aliphatic rings. The van der Waals surface area contributed by atoms with E-state index >= 15 is 0 Å². The Labute approximate surface area is 174 Å². The Bertz CT molecular complexity index is 952. The van der Waals surface area contributed by atoms with E-state index in [4.69, 9.17) is 9.47 Å². The van der Waals surface area contributed by atoms with Crippen molar-refractivity contribution in [1.82, 2.24) is 0 Å². The third-order valence-electron chi connectivity index (χ3n) is 4.62. The van der Waals surface area contributed by atoms with Crippen LogP contribution in [0.1, 0.15) is 0 Å². The molecule has 1 saturated heterocycles. The molecular weight excluding hydrogens is 418 g/mol. The second-order valence-corrected chi connectivity index (χ2v) is 6.68. The number of hydrogen-bond acceptors (Lipinski definition) is 11. The molecule has 3 rings (SSSR count). The number of ether oxygens (including phenoxy) is 2. The highest BCUT2D eigenvalue weighted by Crippen LogP contribution is 2.32. The fourth-order valence-corrected chi connectivity index (χ4v) is 2.96. The lowest BCUT2D eigenvalue weighted by Gasteiger charge is -2.39. The van der Waals surface area contributed by atoms with Gasteiger partial charge in [-0.25, -0.2) is 0 Å². The maximum absolute atomic E-state index is 11.2. The van der Waals surface area contributed by atoms with Gasteiger partial charge < -0.3 is 35.2 Å². The zero-order valence-corrected chi connectivity index (χ0v) is 15.8. The number of non-ortho nitro benzene ring substituents is 1. The number of hydrogen-bond donors (Lipinski definition) is 5. The van der Waals surface area contributed by atoms with Crippen molar-refractivity contribution in [3.8, 4) is 5.75 Å². The first-order valence-electron chi connectivity index (χ1n) is 8.98. The molecule has 5 N–H and O–H groups in total. The highest BCUT2D eigenvalue weighted by atomic mass is 16.7. The molecule has 2 aromatic carbocycles. The minimum Gasteiger partial charge on any atom is -0.462 e. The molecule has 0 saturated carbocycles. The van der Waals surface area contributed by atoms with Gasteiger partial charge in [-0.15, -0.1) is 0 Å². The molecule has 5 unspecified atom stereocenters. The Morgan fingerprint density at radius 2 is 1.65 bits per heavy atom. The van der Waals surface area contributed by atoms with Crippen molar-refractivity contribution >= 4 is 22.7 Å². The van der Waals surface area contributed by atoms with Crippen LogP contribution in [0.5, 0.6) is 5.75 Å². The number of aliphatic hydroxyl groups is 4. The van der Waals surface area contributed by atoms with Crippen LogP contribution in [0.25, 0.3) is 0 Å². The minimum atomic E-state index is -1.58. The summed E-state index contributed by atoms with van der Waals surface area (Å²) in [5.74, 6) is 0.202. The van der Waals surface area contributed by atoms with Crippen LogP contribution in [0.4, 0.5) is 22.7 Å². The second kappa shape index (κ2) is 9.20. The SMILES string of the molecule is O=[N+]([O-])c1ccc(Nc2ccc(OC3OC(CO)C(O)C(O)C3O)cc2)c([N+](=O)[O-])c1. The first-order valence-corrected chi connectivity index (χ1v) is 8.98. The van der Waals surface area contributed by atoms with E-state index in [-0.39, 0.29) is 11.4 Å². The molecular formula is C18H19N3O10. The zero-order chi connectivity index (χ0) is 22.7. The molecule has 13 nitrogen and oxygen atoms in total. The number of nitrogens with one attached hydrogen (secondary N) is 1. The molecule has 0 radical (unpaired) electrons. The zero-order valence-electron chi connectivity index (χ0n) is 15.8. The lowest BCUT2D eigenvalue weighted by Crippen LogP contribution is -2.60. The Morgan fingerprint density at radius 1 is 0.968 bits per heavy atom. The number of nitro groups is 2. The third-order valence-corrected chi connectivity index (χ3v) is 4.62. The summed E-state index contributed by atoms with van der Waals surface area (Å²) in [5, 5.41) is 63.6. The molecule has 1 heterocycles. The van der Waals surface area contributed by atoms with E-state index in [0.717, 1.165) is 12.1 Å². The number of aliphatic hydroxyl groups excluding tert-OH is 4. The second-order valence-electron chi connectivity index (χ2n) is 6.68. The maximum Gasteiger partial charge on any atom is 0.299 e. The topological polar surface area (TPSA) is 198 Å². The van der Waals surface area contributed by atoms with Crippen LogP contribution in [0, 0.1) is 20.2 Å². The van der Waals surface area contributed by atoms with E-state index in [2.05, 4.69) is 5.32 Å². The summed E-state index contributed by atoms with van der Waals surface area (Å²) in [4.78, 5) is 20.6. The highest BCUT2D eigenvalue weighted by molar-refractivity contribution is 5.71.